The molecule has 166 valence electrons. The molecule has 0 unspecified atom stereocenters. The molecule has 0 amide bonds. The van der Waals surface area contributed by atoms with E-state index in [-0.39, 0.29) is 17.8 Å². The number of aryl methyl sites for hydroxylation is 2. The summed E-state index contributed by atoms with van der Waals surface area (Å²) in [6.45, 7) is 1.26. The van der Waals surface area contributed by atoms with E-state index in [9.17, 15) is 9.18 Å². The van der Waals surface area contributed by atoms with Gasteiger partial charge < -0.3 is 15.4 Å². The smallest absolute Gasteiger partial charge is 0.328 e. The second-order valence-electron chi connectivity index (χ2n) is 8.43. The molecular formula is C24H31FN4O2. The number of para-hydroxylation sites is 1. The summed E-state index contributed by atoms with van der Waals surface area (Å²) < 4.78 is 23.5. The number of halogens is 1. The maximum absolute atomic E-state index is 14.8. The number of rotatable bonds is 7. The lowest BCUT2D eigenvalue weighted by atomic mass is 9.89. The standard InChI is InChI=1S/C24H31FN4O2/c1-28-21-11-8-16(12-22(21)29(2)24(28)30)14-26-18-9-10-20(19(25)13-18)27-15-17-6-4-5-7-23(17)31-3/h4-8,11-12,18-20,26-27H,9-10,13-15H2,1-3H3/t18-,19-,20-/m0/s1. The van der Waals surface area contributed by atoms with Crippen molar-refractivity contribution in [2.24, 2.45) is 14.1 Å². The number of nitrogens with one attached hydrogen (secondary N) is 2. The number of aromatic nitrogens is 2. The van der Waals surface area contributed by atoms with Crippen LogP contribution in [0.5, 0.6) is 5.75 Å². The van der Waals surface area contributed by atoms with E-state index in [0.717, 1.165) is 40.8 Å². The predicted octanol–water partition coefficient (Wildman–Crippen LogP) is 3.02. The van der Waals surface area contributed by atoms with Crippen molar-refractivity contribution in [2.75, 3.05) is 7.11 Å². The molecule has 2 N–H and O–H groups in total. The minimum atomic E-state index is -0.890. The van der Waals surface area contributed by atoms with Crippen molar-refractivity contribution in [1.29, 1.82) is 0 Å². The SMILES string of the molecule is COc1ccccc1CN[C@H]1CC[C@H](NCc2ccc3c(c2)n(C)c(=O)n3C)C[C@@H]1F. The number of benzene rings is 2. The molecule has 0 saturated heterocycles. The highest BCUT2D eigenvalue weighted by molar-refractivity contribution is 5.76. The van der Waals surface area contributed by atoms with Gasteiger partial charge in [-0.1, -0.05) is 24.3 Å². The second-order valence-corrected chi connectivity index (χ2v) is 8.43. The average molecular weight is 427 g/mol. The Morgan fingerprint density at radius 1 is 1.03 bits per heavy atom. The maximum Gasteiger partial charge on any atom is 0.328 e. The van der Waals surface area contributed by atoms with Gasteiger partial charge in [-0.3, -0.25) is 9.13 Å². The van der Waals surface area contributed by atoms with Crippen LogP contribution in [0.4, 0.5) is 4.39 Å². The lowest BCUT2D eigenvalue weighted by Gasteiger charge is -2.33. The molecule has 0 radical (unpaired) electrons. The Morgan fingerprint density at radius 2 is 1.81 bits per heavy atom. The molecule has 1 aliphatic rings. The van der Waals surface area contributed by atoms with E-state index < -0.39 is 6.17 Å². The largest absolute Gasteiger partial charge is 0.496 e. The molecule has 0 aliphatic heterocycles. The summed E-state index contributed by atoms with van der Waals surface area (Å²) >= 11 is 0. The lowest BCUT2D eigenvalue weighted by molar-refractivity contribution is 0.160. The first kappa shape index (κ1) is 21.6. The molecule has 1 aliphatic carbocycles. The van der Waals surface area contributed by atoms with E-state index in [0.29, 0.717) is 19.5 Å². The van der Waals surface area contributed by atoms with Crippen molar-refractivity contribution in [3.63, 3.8) is 0 Å². The van der Waals surface area contributed by atoms with Crippen LogP contribution in [-0.2, 0) is 27.2 Å². The number of hydrogen-bond donors (Lipinski definition) is 2. The molecule has 1 aromatic heterocycles. The fourth-order valence-corrected chi connectivity index (χ4v) is 4.55. The fraction of sp³-hybridized carbons (Fsp3) is 0.458. The van der Waals surface area contributed by atoms with Gasteiger partial charge >= 0.3 is 5.69 Å². The van der Waals surface area contributed by atoms with Gasteiger partial charge in [0.1, 0.15) is 11.9 Å². The van der Waals surface area contributed by atoms with Crippen molar-refractivity contribution in [1.82, 2.24) is 19.8 Å². The van der Waals surface area contributed by atoms with Gasteiger partial charge in [-0.2, -0.15) is 0 Å². The van der Waals surface area contributed by atoms with Crippen molar-refractivity contribution in [2.45, 2.75) is 50.6 Å². The van der Waals surface area contributed by atoms with Gasteiger partial charge in [0.2, 0.25) is 0 Å². The monoisotopic (exact) mass is 426 g/mol. The number of methoxy groups -OCH3 is 1. The number of hydrogen-bond acceptors (Lipinski definition) is 4. The van der Waals surface area contributed by atoms with Crippen molar-refractivity contribution in [3.8, 4) is 5.75 Å². The van der Waals surface area contributed by atoms with Crippen LogP contribution in [0.25, 0.3) is 11.0 Å². The molecule has 31 heavy (non-hydrogen) atoms. The molecule has 1 heterocycles. The molecule has 4 rings (SSSR count). The van der Waals surface area contributed by atoms with Crippen LogP contribution in [0, 0.1) is 0 Å². The highest BCUT2D eigenvalue weighted by Gasteiger charge is 2.30. The Labute approximate surface area is 182 Å². The molecule has 3 atom stereocenters. The number of alkyl halides is 1. The second kappa shape index (κ2) is 9.24. The molecule has 1 fully saturated rings. The summed E-state index contributed by atoms with van der Waals surface area (Å²) in [5.74, 6) is 0.827. The first-order chi connectivity index (χ1) is 15.0. The number of imidazole rings is 1. The van der Waals surface area contributed by atoms with E-state index in [4.69, 9.17) is 4.74 Å². The van der Waals surface area contributed by atoms with Crippen LogP contribution >= 0.6 is 0 Å². The van der Waals surface area contributed by atoms with Gasteiger partial charge in [0.15, 0.2) is 0 Å². The Bertz CT molecular complexity index is 1110. The van der Waals surface area contributed by atoms with Crippen molar-refractivity contribution < 1.29 is 9.13 Å². The predicted molar refractivity (Wildman–Crippen MR) is 121 cm³/mol. The first-order valence-corrected chi connectivity index (χ1v) is 10.8. The Balaban J connectivity index is 1.31. The third-order valence-electron chi connectivity index (χ3n) is 6.45. The van der Waals surface area contributed by atoms with E-state index in [1.54, 1.807) is 30.3 Å². The van der Waals surface area contributed by atoms with E-state index in [1.165, 1.54) is 0 Å². The highest BCUT2D eigenvalue weighted by Crippen LogP contribution is 2.24. The van der Waals surface area contributed by atoms with Crippen LogP contribution in [0.15, 0.2) is 47.3 Å². The minimum Gasteiger partial charge on any atom is -0.496 e. The van der Waals surface area contributed by atoms with Gasteiger partial charge in [-0.15, -0.1) is 0 Å². The van der Waals surface area contributed by atoms with Gasteiger partial charge in [0.25, 0.3) is 0 Å². The summed E-state index contributed by atoms with van der Waals surface area (Å²) in [5.41, 5.74) is 3.95. The van der Waals surface area contributed by atoms with Crippen molar-refractivity contribution in [3.05, 3.63) is 64.1 Å². The zero-order valence-electron chi connectivity index (χ0n) is 18.4. The summed E-state index contributed by atoms with van der Waals surface area (Å²) in [4.78, 5) is 12.1. The molecule has 7 heteroatoms. The van der Waals surface area contributed by atoms with Crippen LogP contribution < -0.4 is 21.1 Å². The zero-order chi connectivity index (χ0) is 22.0. The summed E-state index contributed by atoms with van der Waals surface area (Å²) in [6, 6.07) is 13.9. The molecule has 0 spiro atoms. The quantitative estimate of drug-likeness (QED) is 0.610. The van der Waals surface area contributed by atoms with Gasteiger partial charge in [0, 0.05) is 44.8 Å². The van der Waals surface area contributed by atoms with E-state index in [2.05, 4.69) is 10.6 Å². The fourth-order valence-electron chi connectivity index (χ4n) is 4.55. The van der Waals surface area contributed by atoms with E-state index >= 15 is 0 Å². The van der Waals surface area contributed by atoms with E-state index in [1.807, 2.05) is 42.5 Å². The Kier molecular flexibility index (Phi) is 6.43. The molecule has 0 bridgehead atoms. The lowest BCUT2D eigenvalue weighted by Crippen LogP contribution is -2.46. The van der Waals surface area contributed by atoms with Crippen LogP contribution in [0.3, 0.4) is 0 Å². The molecule has 6 nitrogen and oxygen atoms in total. The first-order valence-electron chi connectivity index (χ1n) is 10.8. The molecule has 2 aromatic carbocycles. The molecular weight excluding hydrogens is 395 g/mol. The third kappa shape index (κ3) is 4.52. The zero-order valence-corrected chi connectivity index (χ0v) is 18.4. The highest BCUT2D eigenvalue weighted by atomic mass is 19.1. The molecule has 3 aromatic rings. The van der Waals surface area contributed by atoms with Crippen LogP contribution in [0.2, 0.25) is 0 Å². The van der Waals surface area contributed by atoms with Crippen LogP contribution in [-0.4, -0.2) is 34.5 Å². The van der Waals surface area contributed by atoms with Gasteiger partial charge in [0.05, 0.1) is 18.1 Å². The summed E-state index contributed by atoms with van der Waals surface area (Å²) in [6.07, 6.45) is 1.32. The molecule has 1 saturated carbocycles. The third-order valence-corrected chi connectivity index (χ3v) is 6.45. The average Bonchev–Trinajstić information content (AvgIpc) is 3.01. The van der Waals surface area contributed by atoms with Gasteiger partial charge in [-0.25, -0.2) is 9.18 Å². The Hall–Kier alpha value is -2.64. The number of fused-ring (bicyclic) bond motifs is 1. The Morgan fingerprint density at radius 3 is 2.58 bits per heavy atom. The van der Waals surface area contributed by atoms with Crippen LogP contribution in [0.1, 0.15) is 30.4 Å². The minimum absolute atomic E-state index is 0.0284. The topological polar surface area (TPSA) is 60.2 Å². The maximum atomic E-state index is 14.8. The van der Waals surface area contributed by atoms with Gasteiger partial charge in [-0.05, 0) is 43.0 Å². The van der Waals surface area contributed by atoms with Crippen molar-refractivity contribution >= 4 is 11.0 Å². The normalized spacial score (nSPS) is 21.5. The summed E-state index contributed by atoms with van der Waals surface area (Å²) in [7, 11) is 5.22. The number of nitrogens with zero attached hydrogens (tertiary/aromatic N) is 2. The number of ether oxygens (including phenoxy) is 1. The summed E-state index contributed by atoms with van der Waals surface area (Å²) in [5, 5.41) is 6.88.